The van der Waals surface area contributed by atoms with Crippen LogP contribution >= 0.6 is 0 Å². The summed E-state index contributed by atoms with van der Waals surface area (Å²) in [7, 11) is 0. The minimum atomic E-state index is -0.392. The van der Waals surface area contributed by atoms with Gasteiger partial charge >= 0.3 is 0 Å². The fourth-order valence-electron chi connectivity index (χ4n) is 2.43. The molecule has 2 aromatic rings. The van der Waals surface area contributed by atoms with E-state index >= 15 is 0 Å². The van der Waals surface area contributed by atoms with Gasteiger partial charge in [0.25, 0.3) is 0 Å². The number of hydrogen-bond acceptors (Lipinski definition) is 3. The molecule has 1 aliphatic carbocycles. The van der Waals surface area contributed by atoms with Crippen LogP contribution in [0.1, 0.15) is 30.9 Å². The van der Waals surface area contributed by atoms with Crippen molar-refractivity contribution in [3.63, 3.8) is 0 Å². The Balaban J connectivity index is 1.53. The van der Waals surface area contributed by atoms with Crippen LogP contribution in [0.25, 0.3) is 0 Å². The summed E-state index contributed by atoms with van der Waals surface area (Å²) in [5, 5.41) is 2.97. The van der Waals surface area contributed by atoms with Crippen LogP contribution in [0.4, 0.5) is 0 Å². The third kappa shape index (κ3) is 4.66. The van der Waals surface area contributed by atoms with E-state index < -0.39 is 6.10 Å². The van der Waals surface area contributed by atoms with Gasteiger partial charge in [-0.1, -0.05) is 24.3 Å². The van der Waals surface area contributed by atoms with E-state index in [-0.39, 0.29) is 5.91 Å². The third-order valence-electron chi connectivity index (χ3n) is 4.13. The van der Waals surface area contributed by atoms with Gasteiger partial charge in [-0.3, -0.25) is 4.79 Å². The van der Waals surface area contributed by atoms with E-state index in [0.29, 0.717) is 19.1 Å². The fourth-order valence-corrected chi connectivity index (χ4v) is 2.43. The highest BCUT2D eigenvalue weighted by Crippen LogP contribution is 2.29. The molecule has 3 rings (SSSR count). The van der Waals surface area contributed by atoms with Crippen LogP contribution in [0.15, 0.2) is 43.0 Å². The van der Waals surface area contributed by atoms with Gasteiger partial charge in [0.05, 0.1) is 12.9 Å². The van der Waals surface area contributed by atoms with E-state index in [1.165, 1.54) is 18.4 Å². The summed E-state index contributed by atoms with van der Waals surface area (Å²) in [5.74, 6) is 0.615. The summed E-state index contributed by atoms with van der Waals surface area (Å²) >= 11 is 0. The van der Waals surface area contributed by atoms with Crippen LogP contribution < -0.4 is 5.32 Å². The summed E-state index contributed by atoms with van der Waals surface area (Å²) in [6.45, 7) is 3.78. The van der Waals surface area contributed by atoms with Crippen LogP contribution in [0, 0.1) is 5.92 Å². The molecule has 1 atom stereocenters. The van der Waals surface area contributed by atoms with Crippen molar-refractivity contribution in [2.45, 2.75) is 39.0 Å². The van der Waals surface area contributed by atoms with Gasteiger partial charge < -0.3 is 14.6 Å². The Hall–Kier alpha value is -2.14. The van der Waals surface area contributed by atoms with E-state index in [0.717, 1.165) is 12.1 Å². The molecule has 0 radical (unpaired) electrons. The molecular weight excluding hydrogens is 290 g/mol. The Morgan fingerprint density at radius 3 is 2.87 bits per heavy atom. The maximum absolute atomic E-state index is 12.1. The molecule has 1 amide bonds. The number of amides is 1. The van der Waals surface area contributed by atoms with E-state index in [2.05, 4.69) is 16.4 Å². The number of carbonyl (C=O) groups excluding carboxylic acids is 1. The average molecular weight is 313 g/mol. The lowest BCUT2D eigenvalue weighted by atomic mass is 10.1. The second kappa shape index (κ2) is 7.42. The van der Waals surface area contributed by atoms with Crippen molar-refractivity contribution < 1.29 is 9.53 Å². The second-order valence-electron chi connectivity index (χ2n) is 6.14. The molecule has 1 heterocycles. The molecule has 0 aliphatic heterocycles. The van der Waals surface area contributed by atoms with Gasteiger partial charge in [0.1, 0.15) is 6.10 Å². The molecule has 122 valence electrons. The molecule has 23 heavy (non-hydrogen) atoms. The summed E-state index contributed by atoms with van der Waals surface area (Å²) in [4.78, 5) is 16.2. The van der Waals surface area contributed by atoms with Gasteiger partial charge in [0.2, 0.25) is 5.91 Å². The SMILES string of the molecule is CC(OCC1CC1)C(=O)NCc1ccccc1Cn1ccnc1. The van der Waals surface area contributed by atoms with Gasteiger partial charge in [-0.15, -0.1) is 0 Å². The Morgan fingerprint density at radius 1 is 1.39 bits per heavy atom. The predicted octanol–water partition coefficient (Wildman–Crippen LogP) is 2.36. The number of nitrogens with one attached hydrogen (secondary N) is 1. The zero-order valence-electron chi connectivity index (χ0n) is 13.4. The first kappa shape index (κ1) is 15.7. The molecule has 0 spiro atoms. The Labute approximate surface area is 136 Å². The Bertz CT molecular complexity index is 635. The zero-order valence-corrected chi connectivity index (χ0v) is 13.4. The normalized spacial score (nSPS) is 15.3. The molecule has 1 unspecified atom stereocenters. The van der Waals surface area contributed by atoms with Crippen LogP contribution in [0.3, 0.4) is 0 Å². The predicted molar refractivity (Wildman–Crippen MR) is 87.8 cm³/mol. The number of carbonyl (C=O) groups is 1. The molecule has 1 saturated carbocycles. The summed E-state index contributed by atoms with van der Waals surface area (Å²) < 4.78 is 7.62. The number of benzene rings is 1. The lowest BCUT2D eigenvalue weighted by Gasteiger charge is -2.15. The minimum absolute atomic E-state index is 0.0527. The Morgan fingerprint density at radius 2 is 2.17 bits per heavy atom. The standard InChI is InChI=1S/C18H23N3O2/c1-14(23-12-15-6-7-15)18(22)20-10-16-4-2-3-5-17(16)11-21-9-8-19-13-21/h2-5,8-9,13-15H,6-7,10-12H2,1H3,(H,20,22). The van der Waals surface area contributed by atoms with Crippen molar-refractivity contribution in [3.8, 4) is 0 Å². The molecule has 0 saturated heterocycles. The first-order valence-electron chi connectivity index (χ1n) is 8.14. The number of aromatic nitrogens is 2. The molecule has 0 bridgehead atoms. The van der Waals surface area contributed by atoms with Crippen molar-refractivity contribution in [1.82, 2.24) is 14.9 Å². The number of ether oxygens (including phenoxy) is 1. The minimum Gasteiger partial charge on any atom is -0.368 e. The largest absolute Gasteiger partial charge is 0.368 e. The van der Waals surface area contributed by atoms with E-state index in [4.69, 9.17) is 4.74 Å². The molecule has 1 aliphatic rings. The van der Waals surface area contributed by atoms with Crippen LogP contribution in [0.5, 0.6) is 0 Å². The van der Waals surface area contributed by atoms with Gasteiger partial charge in [0.15, 0.2) is 0 Å². The molecule has 1 aromatic heterocycles. The monoisotopic (exact) mass is 313 g/mol. The average Bonchev–Trinajstić information content (AvgIpc) is 3.26. The van der Waals surface area contributed by atoms with Crippen molar-refractivity contribution in [2.24, 2.45) is 5.92 Å². The number of imidazole rings is 1. The van der Waals surface area contributed by atoms with E-state index in [1.807, 2.05) is 35.9 Å². The van der Waals surface area contributed by atoms with Crippen molar-refractivity contribution in [1.29, 1.82) is 0 Å². The van der Waals surface area contributed by atoms with Gasteiger partial charge in [-0.2, -0.15) is 0 Å². The van der Waals surface area contributed by atoms with E-state index in [9.17, 15) is 4.79 Å². The fraction of sp³-hybridized carbons (Fsp3) is 0.444. The first-order valence-corrected chi connectivity index (χ1v) is 8.14. The van der Waals surface area contributed by atoms with Crippen molar-refractivity contribution in [2.75, 3.05) is 6.61 Å². The molecule has 5 heteroatoms. The molecule has 1 aromatic carbocycles. The topological polar surface area (TPSA) is 56.1 Å². The molecule has 5 nitrogen and oxygen atoms in total. The van der Waals surface area contributed by atoms with Crippen molar-refractivity contribution >= 4 is 5.91 Å². The van der Waals surface area contributed by atoms with Gasteiger partial charge in [-0.05, 0) is 36.8 Å². The summed E-state index contributed by atoms with van der Waals surface area (Å²) in [5.41, 5.74) is 2.29. The van der Waals surface area contributed by atoms with Crippen LogP contribution in [-0.2, 0) is 22.6 Å². The zero-order chi connectivity index (χ0) is 16.1. The second-order valence-corrected chi connectivity index (χ2v) is 6.14. The lowest BCUT2D eigenvalue weighted by molar-refractivity contribution is -0.132. The Kier molecular flexibility index (Phi) is 5.08. The maximum atomic E-state index is 12.1. The number of hydrogen-bond donors (Lipinski definition) is 1. The smallest absolute Gasteiger partial charge is 0.249 e. The quantitative estimate of drug-likeness (QED) is 0.814. The highest BCUT2D eigenvalue weighted by Gasteiger charge is 2.24. The van der Waals surface area contributed by atoms with Gasteiger partial charge in [0, 0.05) is 25.5 Å². The first-order chi connectivity index (χ1) is 11.2. The molecule has 1 fully saturated rings. The highest BCUT2D eigenvalue weighted by atomic mass is 16.5. The summed E-state index contributed by atoms with van der Waals surface area (Å²) in [6, 6.07) is 8.13. The van der Waals surface area contributed by atoms with Crippen LogP contribution in [-0.4, -0.2) is 28.2 Å². The van der Waals surface area contributed by atoms with Gasteiger partial charge in [-0.25, -0.2) is 4.98 Å². The molecule has 1 N–H and O–H groups in total. The van der Waals surface area contributed by atoms with Crippen LogP contribution in [0.2, 0.25) is 0 Å². The lowest BCUT2D eigenvalue weighted by Crippen LogP contribution is -2.34. The summed E-state index contributed by atoms with van der Waals surface area (Å²) in [6.07, 6.45) is 7.57. The number of rotatable bonds is 8. The third-order valence-corrected chi connectivity index (χ3v) is 4.13. The molecular formula is C18H23N3O2. The number of nitrogens with zero attached hydrogens (tertiary/aromatic N) is 2. The maximum Gasteiger partial charge on any atom is 0.249 e. The van der Waals surface area contributed by atoms with Crippen molar-refractivity contribution in [3.05, 3.63) is 54.1 Å². The highest BCUT2D eigenvalue weighted by molar-refractivity contribution is 5.80. The van der Waals surface area contributed by atoms with E-state index in [1.54, 1.807) is 12.5 Å².